The maximum Gasteiger partial charge on any atom is 0.354 e. The van der Waals surface area contributed by atoms with Gasteiger partial charge in [0, 0.05) is 6.04 Å². The maximum absolute atomic E-state index is 11.8. The summed E-state index contributed by atoms with van der Waals surface area (Å²) in [6.07, 6.45) is 5.49. The highest BCUT2D eigenvalue weighted by Gasteiger charge is 2.16. The third-order valence-corrected chi connectivity index (χ3v) is 3.15. The second kappa shape index (κ2) is 6.17. The Balaban J connectivity index is 1.90. The first-order chi connectivity index (χ1) is 9.15. The minimum absolute atomic E-state index is 0.0875. The molecule has 19 heavy (non-hydrogen) atoms. The van der Waals surface area contributed by atoms with Crippen LogP contribution in [-0.2, 0) is 0 Å². The van der Waals surface area contributed by atoms with E-state index in [0.29, 0.717) is 0 Å². The number of carbonyl (C=O) groups excluding carboxylic acids is 1. The molecular formula is C13H17N3O3. The molecule has 0 atom stereocenters. The van der Waals surface area contributed by atoms with Gasteiger partial charge >= 0.3 is 12.0 Å². The molecule has 1 aromatic rings. The molecule has 0 aromatic carbocycles. The number of amides is 2. The van der Waals surface area contributed by atoms with E-state index >= 15 is 0 Å². The van der Waals surface area contributed by atoms with Crippen molar-refractivity contribution in [1.29, 1.82) is 0 Å². The van der Waals surface area contributed by atoms with E-state index in [0.717, 1.165) is 25.7 Å². The summed E-state index contributed by atoms with van der Waals surface area (Å²) >= 11 is 0. The second-order valence-electron chi connectivity index (χ2n) is 4.65. The van der Waals surface area contributed by atoms with E-state index in [1.165, 1.54) is 12.5 Å². The molecule has 1 aliphatic carbocycles. The van der Waals surface area contributed by atoms with Crippen molar-refractivity contribution in [3.8, 4) is 0 Å². The molecule has 6 nitrogen and oxygen atoms in total. The Morgan fingerprint density at radius 3 is 2.63 bits per heavy atom. The predicted octanol–water partition coefficient (Wildman–Crippen LogP) is 2.23. The zero-order valence-corrected chi connectivity index (χ0v) is 10.6. The Hall–Kier alpha value is -2.11. The Labute approximate surface area is 111 Å². The van der Waals surface area contributed by atoms with E-state index in [-0.39, 0.29) is 23.6 Å². The van der Waals surface area contributed by atoms with Crippen LogP contribution in [0.3, 0.4) is 0 Å². The quantitative estimate of drug-likeness (QED) is 0.779. The summed E-state index contributed by atoms with van der Waals surface area (Å²) in [7, 11) is 0. The molecule has 0 radical (unpaired) electrons. The molecule has 1 aliphatic rings. The molecule has 0 bridgehead atoms. The van der Waals surface area contributed by atoms with E-state index < -0.39 is 5.97 Å². The van der Waals surface area contributed by atoms with Gasteiger partial charge in [-0.1, -0.05) is 25.3 Å². The number of hydrogen-bond acceptors (Lipinski definition) is 3. The zero-order chi connectivity index (χ0) is 13.7. The van der Waals surface area contributed by atoms with Crippen LogP contribution in [0.4, 0.5) is 10.6 Å². The van der Waals surface area contributed by atoms with Gasteiger partial charge in [0.1, 0.15) is 5.82 Å². The van der Waals surface area contributed by atoms with Gasteiger partial charge in [-0.2, -0.15) is 0 Å². The topological polar surface area (TPSA) is 91.3 Å². The molecule has 1 saturated carbocycles. The van der Waals surface area contributed by atoms with Crippen LogP contribution in [0.15, 0.2) is 18.2 Å². The number of nitrogens with one attached hydrogen (secondary N) is 2. The Morgan fingerprint density at radius 1 is 1.21 bits per heavy atom. The highest BCUT2D eigenvalue weighted by atomic mass is 16.4. The van der Waals surface area contributed by atoms with E-state index in [9.17, 15) is 9.59 Å². The third kappa shape index (κ3) is 3.94. The fourth-order valence-corrected chi connectivity index (χ4v) is 2.21. The molecule has 102 valence electrons. The normalized spacial score (nSPS) is 15.8. The molecule has 2 rings (SSSR count). The summed E-state index contributed by atoms with van der Waals surface area (Å²) in [5.74, 6) is -0.871. The van der Waals surface area contributed by atoms with Gasteiger partial charge in [-0.05, 0) is 25.0 Å². The first-order valence-corrected chi connectivity index (χ1v) is 6.43. The van der Waals surface area contributed by atoms with Gasteiger partial charge in [0.05, 0.1) is 0 Å². The van der Waals surface area contributed by atoms with Crippen LogP contribution in [0, 0.1) is 0 Å². The second-order valence-corrected chi connectivity index (χ2v) is 4.65. The van der Waals surface area contributed by atoms with Crippen LogP contribution in [0.5, 0.6) is 0 Å². The van der Waals surface area contributed by atoms with E-state index in [4.69, 9.17) is 5.11 Å². The number of rotatable bonds is 3. The zero-order valence-electron chi connectivity index (χ0n) is 10.6. The van der Waals surface area contributed by atoms with E-state index in [1.807, 2.05) is 0 Å². The van der Waals surface area contributed by atoms with E-state index in [2.05, 4.69) is 15.6 Å². The number of aromatic nitrogens is 1. The number of nitrogens with zero attached hydrogens (tertiary/aromatic N) is 1. The van der Waals surface area contributed by atoms with Gasteiger partial charge in [-0.3, -0.25) is 5.32 Å². The lowest BCUT2D eigenvalue weighted by Crippen LogP contribution is -2.39. The fraction of sp³-hybridized carbons (Fsp3) is 0.462. The molecular weight excluding hydrogens is 246 g/mol. The maximum atomic E-state index is 11.8. The molecule has 3 N–H and O–H groups in total. The lowest BCUT2D eigenvalue weighted by molar-refractivity contribution is 0.0690. The van der Waals surface area contributed by atoms with Crippen LogP contribution < -0.4 is 10.6 Å². The first kappa shape index (κ1) is 13.3. The molecule has 1 heterocycles. The van der Waals surface area contributed by atoms with Crippen molar-refractivity contribution in [2.45, 2.75) is 38.1 Å². The van der Waals surface area contributed by atoms with Crippen molar-refractivity contribution in [1.82, 2.24) is 10.3 Å². The van der Waals surface area contributed by atoms with E-state index in [1.54, 1.807) is 12.1 Å². The summed E-state index contributed by atoms with van der Waals surface area (Å²) in [5, 5.41) is 14.3. The van der Waals surface area contributed by atoms with Crippen molar-refractivity contribution in [3.63, 3.8) is 0 Å². The van der Waals surface area contributed by atoms with Gasteiger partial charge in [-0.25, -0.2) is 14.6 Å². The largest absolute Gasteiger partial charge is 0.477 e. The molecule has 1 aromatic heterocycles. The molecule has 1 fully saturated rings. The molecule has 0 unspecified atom stereocenters. The summed E-state index contributed by atoms with van der Waals surface area (Å²) in [6, 6.07) is 4.37. The number of pyridine rings is 1. The molecule has 2 amide bonds. The Kier molecular flexibility index (Phi) is 4.33. The van der Waals surface area contributed by atoms with Crippen molar-refractivity contribution < 1.29 is 14.7 Å². The average molecular weight is 263 g/mol. The number of aromatic carboxylic acids is 1. The predicted molar refractivity (Wildman–Crippen MR) is 70.2 cm³/mol. The SMILES string of the molecule is O=C(Nc1cccc(C(=O)O)n1)NC1CCCCC1. The van der Waals surface area contributed by atoms with Crippen molar-refractivity contribution >= 4 is 17.8 Å². The number of hydrogen-bond donors (Lipinski definition) is 3. The summed E-state index contributed by atoms with van der Waals surface area (Å²) in [4.78, 5) is 26.4. The average Bonchev–Trinajstić information content (AvgIpc) is 2.40. The van der Waals surface area contributed by atoms with Crippen molar-refractivity contribution in [2.75, 3.05) is 5.32 Å². The standard InChI is InChI=1S/C13H17N3O3/c17-12(18)10-7-4-8-11(15-10)16-13(19)14-9-5-2-1-3-6-9/h4,7-9H,1-3,5-6H2,(H,17,18)(H2,14,15,16,19). The number of anilines is 1. The van der Waals surface area contributed by atoms with Crippen LogP contribution in [0.2, 0.25) is 0 Å². The van der Waals surface area contributed by atoms with Crippen LogP contribution in [-0.4, -0.2) is 28.1 Å². The fourth-order valence-electron chi connectivity index (χ4n) is 2.21. The Morgan fingerprint density at radius 2 is 1.95 bits per heavy atom. The van der Waals surface area contributed by atoms with Gasteiger partial charge in [0.25, 0.3) is 0 Å². The monoisotopic (exact) mass is 263 g/mol. The van der Waals surface area contributed by atoms with Gasteiger partial charge in [0.2, 0.25) is 0 Å². The van der Waals surface area contributed by atoms with Crippen LogP contribution >= 0.6 is 0 Å². The summed E-state index contributed by atoms with van der Waals surface area (Å²) < 4.78 is 0. The van der Waals surface area contributed by atoms with Gasteiger partial charge in [0.15, 0.2) is 5.69 Å². The third-order valence-electron chi connectivity index (χ3n) is 3.15. The minimum Gasteiger partial charge on any atom is -0.477 e. The molecule has 6 heteroatoms. The number of carboxylic acid groups (broad SMARTS) is 1. The molecule has 0 spiro atoms. The minimum atomic E-state index is -1.11. The highest BCUT2D eigenvalue weighted by molar-refractivity contribution is 5.90. The van der Waals surface area contributed by atoms with Crippen LogP contribution in [0.1, 0.15) is 42.6 Å². The summed E-state index contributed by atoms with van der Waals surface area (Å²) in [5.41, 5.74) is -0.0875. The number of urea groups is 1. The van der Waals surface area contributed by atoms with Gasteiger partial charge in [-0.15, -0.1) is 0 Å². The smallest absolute Gasteiger partial charge is 0.354 e. The van der Waals surface area contributed by atoms with Crippen molar-refractivity contribution in [3.05, 3.63) is 23.9 Å². The number of carboxylic acids is 1. The number of carbonyl (C=O) groups is 2. The van der Waals surface area contributed by atoms with Crippen LogP contribution in [0.25, 0.3) is 0 Å². The first-order valence-electron chi connectivity index (χ1n) is 6.43. The Bertz CT molecular complexity index is 470. The lowest BCUT2D eigenvalue weighted by atomic mass is 9.96. The molecule has 0 aliphatic heterocycles. The lowest BCUT2D eigenvalue weighted by Gasteiger charge is -2.22. The highest BCUT2D eigenvalue weighted by Crippen LogP contribution is 2.17. The van der Waals surface area contributed by atoms with Gasteiger partial charge < -0.3 is 10.4 Å². The molecule has 0 saturated heterocycles. The van der Waals surface area contributed by atoms with Crippen molar-refractivity contribution in [2.24, 2.45) is 0 Å². The summed E-state index contributed by atoms with van der Waals surface area (Å²) in [6.45, 7) is 0.